The van der Waals surface area contributed by atoms with Crippen molar-refractivity contribution in [2.45, 2.75) is 71.1 Å². The lowest BCUT2D eigenvalue weighted by Gasteiger charge is -2.27. The predicted octanol–water partition coefficient (Wildman–Crippen LogP) is 8.02. The van der Waals surface area contributed by atoms with Gasteiger partial charge in [-0.1, -0.05) is 50.2 Å². The van der Waals surface area contributed by atoms with E-state index in [2.05, 4.69) is 26.0 Å². The molecule has 0 N–H and O–H groups in total. The van der Waals surface area contributed by atoms with Crippen LogP contribution >= 0.6 is 0 Å². The quantitative estimate of drug-likeness (QED) is 0.506. The summed E-state index contributed by atoms with van der Waals surface area (Å²) in [6.45, 7) is 4.47. The highest BCUT2D eigenvalue weighted by Crippen LogP contribution is 2.40. The van der Waals surface area contributed by atoms with E-state index in [0.29, 0.717) is 11.1 Å². The van der Waals surface area contributed by atoms with Gasteiger partial charge >= 0.3 is 0 Å². The van der Waals surface area contributed by atoms with E-state index in [1.165, 1.54) is 30.2 Å². The van der Waals surface area contributed by atoms with Crippen molar-refractivity contribution >= 4 is 0 Å². The molecule has 148 valence electrons. The van der Waals surface area contributed by atoms with E-state index in [9.17, 15) is 8.78 Å². The van der Waals surface area contributed by atoms with Crippen molar-refractivity contribution in [2.75, 3.05) is 0 Å². The molecule has 2 fully saturated rings. The van der Waals surface area contributed by atoms with Crippen molar-refractivity contribution in [3.05, 3.63) is 71.0 Å². The molecule has 2 radical (unpaired) electrons. The van der Waals surface area contributed by atoms with E-state index in [1.807, 2.05) is 18.2 Å². The molecule has 0 unspecified atom stereocenters. The fourth-order valence-corrected chi connectivity index (χ4v) is 4.81. The van der Waals surface area contributed by atoms with Gasteiger partial charge < -0.3 is 0 Å². The van der Waals surface area contributed by atoms with Gasteiger partial charge in [-0.25, -0.2) is 8.78 Å². The first kappa shape index (κ1) is 19.6. The first-order chi connectivity index (χ1) is 13.5. The van der Waals surface area contributed by atoms with E-state index in [1.54, 1.807) is 6.07 Å². The highest BCUT2D eigenvalue weighted by atomic mass is 19.2. The number of hydrogen-bond donors (Lipinski definition) is 0. The van der Waals surface area contributed by atoms with Crippen LogP contribution in [0.15, 0.2) is 36.4 Å². The van der Waals surface area contributed by atoms with Gasteiger partial charge in [-0.05, 0) is 85.8 Å². The summed E-state index contributed by atoms with van der Waals surface area (Å²) in [5, 5.41) is 0. The van der Waals surface area contributed by atoms with Gasteiger partial charge in [0.25, 0.3) is 0 Å². The number of hydrogen-bond acceptors (Lipinski definition) is 0. The maximum atomic E-state index is 14.9. The van der Waals surface area contributed by atoms with Gasteiger partial charge in [-0.3, -0.25) is 0 Å². The van der Waals surface area contributed by atoms with Gasteiger partial charge in [0.1, 0.15) is 0 Å². The monoisotopic (exact) mass is 380 g/mol. The summed E-state index contributed by atoms with van der Waals surface area (Å²) in [5.74, 6) is 2.57. The second kappa shape index (κ2) is 8.35. The second-order valence-electron chi connectivity index (χ2n) is 8.93. The molecule has 2 aromatic rings. The molecule has 0 atom stereocenters. The molecule has 0 saturated heterocycles. The minimum atomic E-state index is -0.698. The predicted molar refractivity (Wildman–Crippen MR) is 112 cm³/mol. The highest BCUT2D eigenvalue weighted by Gasteiger charge is 2.25. The third-order valence-corrected chi connectivity index (χ3v) is 6.87. The van der Waals surface area contributed by atoms with Crippen LogP contribution in [0.3, 0.4) is 0 Å². The topological polar surface area (TPSA) is 0 Å². The van der Waals surface area contributed by atoms with Crippen LogP contribution in [0.1, 0.15) is 82.3 Å². The molecule has 0 aliphatic heterocycles. The molecule has 28 heavy (non-hydrogen) atoms. The molecule has 2 aromatic carbocycles. The highest BCUT2D eigenvalue weighted by molar-refractivity contribution is 5.65. The van der Waals surface area contributed by atoms with Crippen LogP contribution in [0.4, 0.5) is 8.78 Å². The van der Waals surface area contributed by atoms with Gasteiger partial charge in [0.2, 0.25) is 0 Å². The van der Waals surface area contributed by atoms with Crippen molar-refractivity contribution in [2.24, 2.45) is 5.92 Å². The molecular formula is C26H30F2. The summed E-state index contributed by atoms with van der Waals surface area (Å²) in [6, 6.07) is 11.6. The molecule has 2 aliphatic carbocycles. The Morgan fingerprint density at radius 2 is 1.32 bits per heavy atom. The average Bonchev–Trinajstić information content (AvgIpc) is 2.72. The molecule has 0 bridgehead atoms. The van der Waals surface area contributed by atoms with Gasteiger partial charge in [0, 0.05) is 11.5 Å². The van der Waals surface area contributed by atoms with Crippen molar-refractivity contribution in [3.8, 4) is 11.1 Å². The van der Waals surface area contributed by atoms with Gasteiger partial charge in [0.15, 0.2) is 11.6 Å². The molecule has 0 aromatic heterocycles. The molecule has 2 saturated carbocycles. The first-order valence-corrected chi connectivity index (χ1v) is 10.8. The standard InChI is InChI=1S/C26H30F2/c1-17-3-7-19(8-4-17)20-11-13-22(14-12-20)24-16-15-23(25(27)26(24)28)21-9-5-18(2)6-10-21/h11-17,21H,3-10H2,1-2H3. The maximum Gasteiger partial charge on any atom is 0.166 e. The summed E-state index contributed by atoms with van der Waals surface area (Å²) in [5.41, 5.74) is 2.93. The van der Waals surface area contributed by atoms with E-state index in [-0.39, 0.29) is 5.92 Å². The zero-order valence-electron chi connectivity index (χ0n) is 17.0. The van der Waals surface area contributed by atoms with Crippen LogP contribution < -0.4 is 0 Å². The first-order valence-electron chi connectivity index (χ1n) is 10.8. The summed E-state index contributed by atoms with van der Waals surface area (Å²) in [7, 11) is 0. The van der Waals surface area contributed by atoms with Crippen LogP contribution in [0.25, 0.3) is 11.1 Å². The molecule has 0 nitrogen and oxygen atoms in total. The van der Waals surface area contributed by atoms with Crippen LogP contribution in [0, 0.1) is 29.4 Å². The smallest absolute Gasteiger partial charge is 0.166 e. The minimum Gasteiger partial charge on any atom is -0.203 e. The van der Waals surface area contributed by atoms with Gasteiger partial charge in [-0.15, -0.1) is 0 Å². The molecule has 0 heterocycles. The Balaban J connectivity index is 1.53. The summed E-state index contributed by atoms with van der Waals surface area (Å²) < 4.78 is 29.7. The summed E-state index contributed by atoms with van der Waals surface area (Å²) in [4.78, 5) is 0. The fourth-order valence-electron chi connectivity index (χ4n) is 4.81. The Bertz CT molecular complexity index is 792. The Labute approximate surface area is 168 Å². The Hall–Kier alpha value is -1.70. The molecule has 2 aliphatic rings. The van der Waals surface area contributed by atoms with Crippen molar-refractivity contribution < 1.29 is 8.78 Å². The van der Waals surface area contributed by atoms with Gasteiger partial charge in [0.05, 0.1) is 0 Å². The van der Waals surface area contributed by atoms with E-state index in [4.69, 9.17) is 0 Å². The van der Waals surface area contributed by atoms with Crippen molar-refractivity contribution in [1.82, 2.24) is 0 Å². The summed E-state index contributed by atoms with van der Waals surface area (Å²) in [6.07, 6.45) is 8.68. The molecule has 0 spiro atoms. The molecular weight excluding hydrogens is 350 g/mol. The zero-order chi connectivity index (χ0) is 19.7. The molecule has 0 amide bonds. The number of rotatable bonds is 3. The molecule has 2 heteroatoms. The lowest BCUT2D eigenvalue weighted by molar-refractivity contribution is 0.416. The van der Waals surface area contributed by atoms with Crippen molar-refractivity contribution in [1.29, 1.82) is 0 Å². The van der Waals surface area contributed by atoms with Crippen LogP contribution in [0.5, 0.6) is 0 Å². The number of halogens is 2. The Morgan fingerprint density at radius 3 is 1.96 bits per heavy atom. The lowest BCUT2D eigenvalue weighted by Crippen LogP contribution is -2.12. The Kier molecular flexibility index (Phi) is 5.85. The van der Waals surface area contributed by atoms with Gasteiger partial charge in [-0.2, -0.15) is 0 Å². The zero-order valence-corrected chi connectivity index (χ0v) is 17.0. The number of benzene rings is 2. The van der Waals surface area contributed by atoms with Crippen LogP contribution in [-0.2, 0) is 0 Å². The maximum absolute atomic E-state index is 14.9. The fraction of sp³-hybridized carbons (Fsp3) is 0.462. The van der Waals surface area contributed by atoms with Crippen LogP contribution in [-0.4, -0.2) is 0 Å². The van der Waals surface area contributed by atoms with E-state index in [0.717, 1.165) is 50.0 Å². The van der Waals surface area contributed by atoms with Crippen molar-refractivity contribution in [3.63, 3.8) is 0 Å². The minimum absolute atomic E-state index is 0.139. The normalized spacial score (nSPS) is 20.6. The SMILES string of the molecule is C[C]1CCC(c2ccc(-c3ccc([C]4CCC(C)CC4)cc3)c(F)c2F)CC1. The Morgan fingerprint density at radius 1 is 0.714 bits per heavy atom. The average molecular weight is 381 g/mol. The third-order valence-electron chi connectivity index (χ3n) is 6.87. The summed E-state index contributed by atoms with van der Waals surface area (Å²) >= 11 is 0. The van der Waals surface area contributed by atoms with E-state index >= 15 is 0 Å². The lowest BCUT2D eigenvalue weighted by atomic mass is 9.78. The van der Waals surface area contributed by atoms with Crippen LogP contribution in [0.2, 0.25) is 0 Å². The third kappa shape index (κ3) is 4.02. The second-order valence-corrected chi connectivity index (χ2v) is 8.93. The largest absolute Gasteiger partial charge is 0.203 e. The molecule has 4 rings (SSSR count). The van der Waals surface area contributed by atoms with E-state index < -0.39 is 11.6 Å².